The van der Waals surface area contributed by atoms with Gasteiger partial charge in [0, 0.05) is 5.56 Å². The Kier molecular flexibility index (Phi) is 3.66. The van der Waals surface area contributed by atoms with Crippen molar-refractivity contribution >= 4 is 17.7 Å². The molecule has 1 aromatic carbocycles. The number of rotatable bonds is 3. The van der Waals surface area contributed by atoms with E-state index in [0.29, 0.717) is 10.8 Å². The number of benzene rings is 1. The summed E-state index contributed by atoms with van der Waals surface area (Å²) < 4.78 is 22.9. The molecule has 94 valence electrons. The van der Waals surface area contributed by atoms with Gasteiger partial charge in [-0.3, -0.25) is 0 Å². The summed E-state index contributed by atoms with van der Waals surface area (Å²) in [6, 6.07) is 5.62. The van der Waals surface area contributed by atoms with E-state index in [0.717, 1.165) is 0 Å². The molecule has 0 aliphatic heterocycles. The quantitative estimate of drug-likeness (QED) is 0.632. The Hall–Kier alpha value is -1.82. The van der Waals surface area contributed by atoms with Crippen molar-refractivity contribution in [3.63, 3.8) is 0 Å². The summed E-state index contributed by atoms with van der Waals surface area (Å²) in [6.45, 7) is 0. The maximum Gasteiger partial charge on any atom is 0.360 e. The van der Waals surface area contributed by atoms with Gasteiger partial charge >= 0.3 is 5.97 Å². The van der Waals surface area contributed by atoms with E-state index in [9.17, 15) is 9.18 Å². The largest absolute Gasteiger partial charge is 0.464 e. The van der Waals surface area contributed by atoms with Crippen LogP contribution in [0.15, 0.2) is 33.9 Å². The van der Waals surface area contributed by atoms with Crippen LogP contribution in [-0.4, -0.2) is 24.3 Å². The van der Waals surface area contributed by atoms with Gasteiger partial charge < -0.3 is 9.15 Å². The van der Waals surface area contributed by atoms with Crippen LogP contribution in [0.3, 0.4) is 0 Å². The number of thioether (sulfide) groups is 1. The minimum atomic E-state index is -0.585. The molecular formula is C12H10FNO3S. The Morgan fingerprint density at radius 3 is 2.61 bits per heavy atom. The van der Waals surface area contributed by atoms with Crippen LogP contribution in [0.1, 0.15) is 10.5 Å². The molecule has 0 saturated heterocycles. The molecule has 0 aliphatic rings. The number of esters is 1. The van der Waals surface area contributed by atoms with Crippen molar-refractivity contribution in [2.24, 2.45) is 0 Å². The molecule has 4 nitrogen and oxygen atoms in total. The molecule has 2 rings (SSSR count). The van der Waals surface area contributed by atoms with Crippen LogP contribution in [0.5, 0.6) is 0 Å². The van der Waals surface area contributed by atoms with Crippen LogP contribution in [0.2, 0.25) is 0 Å². The summed E-state index contributed by atoms with van der Waals surface area (Å²) >= 11 is 1.27. The van der Waals surface area contributed by atoms with Gasteiger partial charge in [0.1, 0.15) is 5.82 Å². The fraction of sp³-hybridized carbons (Fsp3) is 0.167. The zero-order valence-electron chi connectivity index (χ0n) is 9.77. The molecule has 1 heterocycles. The Balaban J connectivity index is 2.51. The van der Waals surface area contributed by atoms with Crippen molar-refractivity contribution in [1.82, 2.24) is 4.98 Å². The summed E-state index contributed by atoms with van der Waals surface area (Å²) in [4.78, 5) is 15.6. The molecule has 6 heteroatoms. The molecule has 0 atom stereocenters. The molecule has 0 unspecified atom stereocenters. The van der Waals surface area contributed by atoms with Crippen molar-refractivity contribution in [2.75, 3.05) is 13.4 Å². The van der Waals surface area contributed by atoms with Crippen LogP contribution in [0.4, 0.5) is 4.39 Å². The second-order valence-electron chi connectivity index (χ2n) is 3.36. The van der Waals surface area contributed by atoms with Crippen molar-refractivity contribution in [1.29, 1.82) is 0 Å². The van der Waals surface area contributed by atoms with Crippen molar-refractivity contribution < 1.29 is 18.3 Å². The lowest BCUT2D eigenvalue weighted by molar-refractivity contribution is 0.0595. The van der Waals surface area contributed by atoms with Gasteiger partial charge in [-0.15, -0.1) is 0 Å². The maximum atomic E-state index is 12.9. The van der Waals surface area contributed by atoms with E-state index in [-0.39, 0.29) is 17.3 Å². The number of hydrogen-bond donors (Lipinski definition) is 0. The second kappa shape index (κ2) is 5.22. The maximum absolute atomic E-state index is 12.9. The Morgan fingerprint density at radius 1 is 1.39 bits per heavy atom. The monoisotopic (exact) mass is 267 g/mol. The zero-order chi connectivity index (χ0) is 13.1. The average molecular weight is 267 g/mol. The topological polar surface area (TPSA) is 52.3 Å². The number of ether oxygens (including phenoxy) is 1. The molecular weight excluding hydrogens is 257 g/mol. The first-order valence-corrected chi connectivity index (χ1v) is 6.27. The van der Waals surface area contributed by atoms with E-state index in [1.807, 2.05) is 0 Å². The van der Waals surface area contributed by atoms with Crippen LogP contribution in [0.25, 0.3) is 11.3 Å². The molecule has 18 heavy (non-hydrogen) atoms. The number of oxazole rings is 1. The first-order chi connectivity index (χ1) is 8.65. The highest BCUT2D eigenvalue weighted by Crippen LogP contribution is 2.29. The first kappa shape index (κ1) is 12.6. The van der Waals surface area contributed by atoms with E-state index in [4.69, 9.17) is 4.42 Å². The number of methoxy groups -OCH3 is 1. The van der Waals surface area contributed by atoms with Crippen molar-refractivity contribution in [3.05, 3.63) is 35.8 Å². The van der Waals surface area contributed by atoms with Crippen LogP contribution in [-0.2, 0) is 4.74 Å². The van der Waals surface area contributed by atoms with Gasteiger partial charge in [0.15, 0.2) is 11.5 Å². The Morgan fingerprint density at radius 2 is 2.06 bits per heavy atom. The normalized spacial score (nSPS) is 10.4. The average Bonchev–Trinajstić information content (AvgIpc) is 2.83. The number of halogens is 1. The number of hydrogen-bond acceptors (Lipinski definition) is 5. The fourth-order valence-corrected chi connectivity index (χ4v) is 1.77. The summed E-state index contributed by atoms with van der Waals surface area (Å²) in [5.74, 6) is -0.660. The third-order valence-electron chi connectivity index (χ3n) is 2.27. The molecule has 0 fully saturated rings. The minimum absolute atomic E-state index is 0.0912. The molecule has 2 aromatic rings. The van der Waals surface area contributed by atoms with Gasteiger partial charge in [-0.1, -0.05) is 11.8 Å². The predicted molar refractivity (Wildman–Crippen MR) is 65.0 cm³/mol. The SMILES string of the molecule is COC(=O)c1nc(SC)oc1-c1ccc(F)cc1. The lowest BCUT2D eigenvalue weighted by Crippen LogP contribution is -2.03. The molecule has 0 radical (unpaired) electrons. The molecule has 0 saturated carbocycles. The van der Waals surface area contributed by atoms with Crippen molar-refractivity contribution in [3.8, 4) is 11.3 Å². The zero-order valence-corrected chi connectivity index (χ0v) is 10.6. The van der Waals surface area contributed by atoms with Crippen LogP contribution >= 0.6 is 11.8 Å². The summed E-state index contributed by atoms with van der Waals surface area (Å²) in [5, 5.41) is 0.356. The Bertz CT molecular complexity index is 565. The van der Waals surface area contributed by atoms with Gasteiger partial charge in [0.2, 0.25) is 0 Å². The Labute approximate surface area is 107 Å². The van der Waals surface area contributed by atoms with E-state index in [1.165, 1.54) is 43.1 Å². The lowest BCUT2D eigenvalue weighted by Gasteiger charge is -1.99. The van der Waals surface area contributed by atoms with Gasteiger partial charge in [-0.2, -0.15) is 4.98 Å². The van der Waals surface area contributed by atoms with E-state index < -0.39 is 5.97 Å². The second-order valence-corrected chi connectivity index (χ2v) is 4.12. The number of carbonyl (C=O) groups excluding carboxylic acids is 1. The number of carbonyl (C=O) groups is 1. The van der Waals surface area contributed by atoms with E-state index in [1.54, 1.807) is 6.26 Å². The van der Waals surface area contributed by atoms with Crippen LogP contribution in [0, 0.1) is 5.82 Å². The molecule has 1 aromatic heterocycles. The van der Waals surface area contributed by atoms with Crippen molar-refractivity contribution in [2.45, 2.75) is 5.22 Å². The van der Waals surface area contributed by atoms with Gasteiger partial charge in [0.25, 0.3) is 5.22 Å². The molecule has 0 aliphatic carbocycles. The molecule has 0 spiro atoms. The predicted octanol–water partition coefficient (Wildman–Crippen LogP) is 2.99. The smallest absolute Gasteiger partial charge is 0.360 e. The fourth-order valence-electron chi connectivity index (χ4n) is 1.42. The third-order valence-corrected chi connectivity index (χ3v) is 2.79. The minimum Gasteiger partial charge on any atom is -0.464 e. The standard InChI is InChI=1S/C12H10FNO3S/c1-16-11(15)9-10(17-12(14-9)18-2)7-3-5-8(13)6-4-7/h3-6H,1-2H3. The molecule has 0 bridgehead atoms. The molecule has 0 N–H and O–H groups in total. The van der Waals surface area contributed by atoms with Gasteiger partial charge in [-0.25, -0.2) is 9.18 Å². The van der Waals surface area contributed by atoms with E-state index in [2.05, 4.69) is 9.72 Å². The summed E-state index contributed by atoms with van der Waals surface area (Å²) in [7, 11) is 1.27. The highest BCUT2D eigenvalue weighted by atomic mass is 32.2. The summed E-state index contributed by atoms with van der Waals surface area (Å²) in [5.41, 5.74) is 0.665. The van der Waals surface area contributed by atoms with Gasteiger partial charge in [0.05, 0.1) is 7.11 Å². The number of aromatic nitrogens is 1. The van der Waals surface area contributed by atoms with Gasteiger partial charge in [-0.05, 0) is 30.5 Å². The third kappa shape index (κ3) is 2.38. The van der Waals surface area contributed by atoms with Crippen LogP contribution < -0.4 is 0 Å². The molecule has 0 amide bonds. The lowest BCUT2D eigenvalue weighted by atomic mass is 10.1. The highest BCUT2D eigenvalue weighted by Gasteiger charge is 2.21. The van der Waals surface area contributed by atoms with E-state index >= 15 is 0 Å². The first-order valence-electron chi connectivity index (χ1n) is 5.04. The summed E-state index contributed by atoms with van der Waals surface area (Å²) in [6.07, 6.45) is 1.78. The highest BCUT2D eigenvalue weighted by molar-refractivity contribution is 7.98. The number of nitrogens with zero attached hydrogens (tertiary/aromatic N) is 1.